The second-order valence-electron chi connectivity index (χ2n) is 8.50. The lowest BCUT2D eigenvalue weighted by Gasteiger charge is -2.21. The van der Waals surface area contributed by atoms with Crippen LogP contribution in [-0.2, 0) is 16.1 Å². The Hall–Kier alpha value is -2.96. The number of halogens is 1. The Bertz CT molecular complexity index is 939. The van der Waals surface area contributed by atoms with E-state index < -0.39 is 11.7 Å². The highest BCUT2D eigenvalue weighted by Gasteiger charge is 2.36. The molecule has 6 nitrogen and oxygen atoms in total. The van der Waals surface area contributed by atoms with E-state index in [-0.39, 0.29) is 30.5 Å². The molecule has 2 aromatic rings. The molecule has 2 aliphatic heterocycles. The number of anilines is 2. The molecular weight excluding hydrogens is 395 g/mol. The number of nitrogens with one attached hydrogen (secondary N) is 1. The molecule has 0 bridgehead atoms. The average molecular weight is 425 g/mol. The summed E-state index contributed by atoms with van der Waals surface area (Å²) >= 11 is 0. The third kappa shape index (κ3) is 5.03. The summed E-state index contributed by atoms with van der Waals surface area (Å²) in [6.45, 7) is 4.42. The molecule has 1 N–H and O–H groups in total. The van der Waals surface area contributed by atoms with Crippen LogP contribution in [0.15, 0.2) is 36.5 Å². The highest BCUT2D eigenvalue weighted by atomic mass is 19.1. The van der Waals surface area contributed by atoms with Gasteiger partial charge in [0.2, 0.25) is 11.8 Å². The molecule has 164 valence electrons. The Morgan fingerprint density at radius 1 is 1.16 bits per heavy atom. The lowest BCUT2D eigenvalue weighted by Crippen LogP contribution is -2.33. The Kier molecular flexibility index (Phi) is 6.49. The number of rotatable bonds is 5. The number of hydrogen-bond acceptors (Lipinski definition) is 4. The molecule has 31 heavy (non-hydrogen) atoms. The van der Waals surface area contributed by atoms with Crippen molar-refractivity contribution in [2.24, 2.45) is 5.92 Å². The second-order valence-corrected chi connectivity index (χ2v) is 8.50. The molecule has 1 atom stereocenters. The third-order valence-electron chi connectivity index (χ3n) is 6.10. The van der Waals surface area contributed by atoms with Gasteiger partial charge in [-0.2, -0.15) is 0 Å². The van der Waals surface area contributed by atoms with Crippen molar-refractivity contribution in [1.82, 2.24) is 10.3 Å². The van der Waals surface area contributed by atoms with Gasteiger partial charge in [0.15, 0.2) is 0 Å². The Balaban J connectivity index is 1.32. The van der Waals surface area contributed by atoms with Crippen molar-refractivity contribution < 1.29 is 14.0 Å². The van der Waals surface area contributed by atoms with E-state index in [0.717, 1.165) is 30.0 Å². The van der Waals surface area contributed by atoms with Gasteiger partial charge >= 0.3 is 0 Å². The molecule has 2 saturated heterocycles. The molecule has 3 heterocycles. The quantitative estimate of drug-likeness (QED) is 0.797. The van der Waals surface area contributed by atoms with Crippen molar-refractivity contribution in [3.63, 3.8) is 0 Å². The number of nitrogens with zero attached hydrogens (tertiary/aromatic N) is 3. The van der Waals surface area contributed by atoms with E-state index >= 15 is 0 Å². The first-order valence-electron chi connectivity index (χ1n) is 11.1. The largest absolute Gasteiger partial charge is 0.357 e. The first kappa shape index (κ1) is 21.3. The van der Waals surface area contributed by atoms with Crippen LogP contribution in [0.4, 0.5) is 15.9 Å². The summed E-state index contributed by atoms with van der Waals surface area (Å²) in [7, 11) is 0. The van der Waals surface area contributed by atoms with E-state index in [9.17, 15) is 14.0 Å². The lowest BCUT2D eigenvalue weighted by atomic mass is 10.1. The molecule has 0 spiro atoms. The molecule has 0 saturated carbocycles. The van der Waals surface area contributed by atoms with Gasteiger partial charge in [0.25, 0.3) is 0 Å². The second kappa shape index (κ2) is 9.45. The van der Waals surface area contributed by atoms with Crippen LogP contribution < -0.4 is 15.1 Å². The average Bonchev–Trinajstić information content (AvgIpc) is 2.97. The van der Waals surface area contributed by atoms with Gasteiger partial charge in [-0.1, -0.05) is 25.0 Å². The van der Waals surface area contributed by atoms with Crippen LogP contribution in [0.5, 0.6) is 0 Å². The van der Waals surface area contributed by atoms with Crippen molar-refractivity contribution in [2.45, 2.75) is 45.6 Å². The molecule has 7 heteroatoms. The van der Waals surface area contributed by atoms with E-state index in [1.165, 1.54) is 36.6 Å². The summed E-state index contributed by atoms with van der Waals surface area (Å²) in [4.78, 5) is 33.3. The number of benzene rings is 1. The predicted molar refractivity (Wildman–Crippen MR) is 118 cm³/mol. The highest BCUT2D eigenvalue weighted by Crippen LogP contribution is 2.28. The SMILES string of the molecule is Cc1ccc(N2CC(C(=O)NCc3ccc(N4CCCCCC4)nc3)CC2=O)c(F)c1. The maximum absolute atomic E-state index is 14.3. The molecular formula is C24H29FN4O2. The van der Waals surface area contributed by atoms with Crippen molar-refractivity contribution in [2.75, 3.05) is 29.4 Å². The number of pyridine rings is 1. The van der Waals surface area contributed by atoms with Crippen LogP contribution in [0.1, 0.15) is 43.2 Å². The van der Waals surface area contributed by atoms with E-state index in [0.29, 0.717) is 6.54 Å². The van der Waals surface area contributed by atoms with E-state index in [1.54, 1.807) is 25.3 Å². The minimum absolute atomic E-state index is 0.0886. The van der Waals surface area contributed by atoms with Crippen LogP contribution in [-0.4, -0.2) is 36.4 Å². The molecule has 4 rings (SSSR count). The van der Waals surface area contributed by atoms with Crippen molar-refractivity contribution in [3.05, 3.63) is 53.5 Å². The molecule has 1 aromatic carbocycles. The summed E-state index contributed by atoms with van der Waals surface area (Å²) in [5.41, 5.74) is 1.94. The maximum atomic E-state index is 14.3. The number of amides is 2. The maximum Gasteiger partial charge on any atom is 0.227 e. The van der Waals surface area contributed by atoms with Gasteiger partial charge in [-0.25, -0.2) is 9.37 Å². The van der Waals surface area contributed by atoms with Gasteiger partial charge in [-0.3, -0.25) is 9.59 Å². The Labute approximate surface area is 182 Å². The van der Waals surface area contributed by atoms with Crippen LogP contribution >= 0.6 is 0 Å². The van der Waals surface area contributed by atoms with Gasteiger partial charge in [-0.05, 0) is 49.1 Å². The number of carbonyl (C=O) groups is 2. The molecule has 2 amide bonds. The molecule has 0 radical (unpaired) electrons. The molecule has 1 unspecified atom stereocenters. The predicted octanol–water partition coefficient (Wildman–Crippen LogP) is 3.58. The molecule has 2 fully saturated rings. The van der Waals surface area contributed by atoms with Gasteiger partial charge < -0.3 is 15.1 Å². The minimum atomic E-state index is -0.488. The van der Waals surface area contributed by atoms with Crippen LogP contribution in [0.3, 0.4) is 0 Å². The molecule has 2 aliphatic rings. The summed E-state index contributed by atoms with van der Waals surface area (Å²) in [5, 5.41) is 2.90. The summed E-state index contributed by atoms with van der Waals surface area (Å²) in [6.07, 6.45) is 6.84. The summed E-state index contributed by atoms with van der Waals surface area (Å²) < 4.78 is 14.3. The Morgan fingerprint density at radius 2 is 1.94 bits per heavy atom. The normalized spacial score (nSPS) is 19.4. The van der Waals surface area contributed by atoms with Crippen molar-refractivity contribution in [1.29, 1.82) is 0 Å². The van der Waals surface area contributed by atoms with E-state index in [1.807, 2.05) is 12.1 Å². The zero-order chi connectivity index (χ0) is 21.8. The Morgan fingerprint density at radius 3 is 2.61 bits per heavy atom. The smallest absolute Gasteiger partial charge is 0.227 e. The first-order chi connectivity index (χ1) is 15.0. The minimum Gasteiger partial charge on any atom is -0.357 e. The zero-order valence-corrected chi connectivity index (χ0v) is 17.9. The fourth-order valence-electron chi connectivity index (χ4n) is 4.29. The third-order valence-corrected chi connectivity index (χ3v) is 6.10. The first-order valence-corrected chi connectivity index (χ1v) is 11.1. The van der Waals surface area contributed by atoms with E-state index in [4.69, 9.17) is 0 Å². The molecule has 1 aromatic heterocycles. The van der Waals surface area contributed by atoms with Crippen molar-refractivity contribution >= 4 is 23.3 Å². The zero-order valence-electron chi connectivity index (χ0n) is 17.9. The summed E-state index contributed by atoms with van der Waals surface area (Å²) in [5.74, 6) is -0.372. The topological polar surface area (TPSA) is 65.5 Å². The highest BCUT2D eigenvalue weighted by molar-refractivity contribution is 6.00. The fourth-order valence-corrected chi connectivity index (χ4v) is 4.29. The van der Waals surface area contributed by atoms with Crippen LogP contribution in [0.25, 0.3) is 0 Å². The monoisotopic (exact) mass is 424 g/mol. The number of hydrogen-bond donors (Lipinski definition) is 1. The van der Waals surface area contributed by atoms with Crippen LogP contribution in [0.2, 0.25) is 0 Å². The van der Waals surface area contributed by atoms with Gasteiger partial charge in [0.05, 0.1) is 11.6 Å². The lowest BCUT2D eigenvalue weighted by molar-refractivity contribution is -0.126. The number of carbonyl (C=O) groups excluding carboxylic acids is 2. The van der Waals surface area contributed by atoms with Gasteiger partial charge in [0, 0.05) is 38.8 Å². The standard InChI is InChI=1S/C24H29FN4O2/c1-17-6-8-21(20(25)12-17)29-16-19(13-23(29)30)24(31)27-15-18-7-9-22(26-14-18)28-10-4-2-3-5-11-28/h6-9,12,14,19H,2-5,10-11,13,15-16H2,1H3,(H,27,31). The van der Waals surface area contributed by atoms with Crippen molar-refractivity contribution in [3.8, 4) is 0 Å². The number of aromatic nitrogens is 1. The van der Waals surface area contributed by atoms with Gasteiger partial charge in [-0.15, -0.1) is 0 Å². The van der Waals surface area contributed by atoms with E-state index in [2.05, 4.69) is 15.2 Å². The molecule has 0 aliphatic carbocycles. The van der Waals surface area contributed by atoms with Crippen LogP contribution in [0, 0.1) is 18.7 Å². The fraction of sp³-hybridized carbons (Fsp3) is 0.458. The summed E-state index contributed by atoms with van der Waals surface area (Å²) in [6, 6.07) is 8.76. The van der Waals surface area contributed by atoms with Gasteiger partial charge in [0.1, 0.15) is 11.6 Å². The number of aryl methyl sites for hydroxylation is 1.